The summed E-state index contributed by atoms with van der Waals surface area (Å²) in [6.07, 6.45) is 6.55. The van der Waals surface area contributed by atoms with Crippen molar-refractivity contribution < 1.29 is 0 Å². The number of nitrogens with two attached hydrogens (primary N) is 1. The Balaban J connectivity index is 2.48. The minimum atomic E-state index is 0.689. The predicted octanol–water partition coefficient (Wildman–Crippen LogP) is 1.12. The van der Waals surface area contributed by atoms with Crippen LogP contribution in [-0.4, -0.2) is 15.0 Å². The van der Waals surface area contributed by atoms with Crippen molar-refractivity contribution in [2.75, 3.05) is 5.73 Å². The van der Waals surface area contributed by atoms with Gasteiger partial charge in [-0.2, -0.15) is 0 Å². The van der Waals surface area contributed by atoms with Crippen LogP contribution in [0.5, 0.6) is 0 Å². The summed E-state index contributed by atoms with van der Waals surface area (Å²) in [5, 5.41) is 0. The summed E-state index contributed by atoms with van der Waals surface area (Å²) >= 11 is 0. The number of hydrogen-bond donors (Lipinski definition) is 1. The third-order valence-electron chi connectivity index (χ3n) is 1.64. The summed E-state index contributed by atoms with van der Waals surface area (Å²) in [6, 6.07) is 3.53. The van der Waals surface area contributed by atoms with Crippen molar-refractivity contribution in [3.63, 3.8) is 0 Å². The first-order valence-corrected chi connectivity index (χ1v) is 3.83. The Hall–Kier alpha value is -1.97. The molecule has 0 amide bonds. The first-order chi connectivity index (χ1) is 6.36. The van der Waals surface area contributed by atoms with E-state index < -0.39 is 0 Å². The summed E-state index contributed by atoms with van der Waals surface area (Å²) in [5.74, 6) is 0. The van der Waals surface area contributed by atoms with Crippen LogP contribution in [-0.2, 0) is 0 Å². The molecule has 4 heteroatoms. The zero-order valence-corrected chi connectivity index (χ0v) is 6.88. The molecule has 2 heterocycles. The van der Waals surface area contributed by atoms with Gasteiger partial charge in [0.1, 0.15) is 6.33 Å². The molecule has 4 nitrogen and oxygen atoms in total. The maximum Gasteiger partial charge on any atom is 0.115 e. The zero-order chi connectivity index (χ0) is 9.10. The molecule has 0 atom stereocenters. The molecule has 13 heavy (non-hydrogen) atoms. The van der Waals surface area contributed by atoms with E-state index in [1.165, 1.54) is 6.33 Å². The molecular weight excluding hydrogens is 164 g/mol. The average Bonchev–Trinajstić information content (AvgIpc) is 2.19. The SMILES string of the molecule is Nc1ccnc(-c2cncnc2)c1. The Labute approximate surface area is 75.5 Å². The smallest absolute Gasteiger partial charge is 0.115 e. The standard InChI is InChI=1S/C9H8N4/c10-8-1-2-13-9(3-8)7-4-11-6-12-5-7/h1-6H,(H2,10,13). The fraction of sp³-hybridized carbons (Fsp3) is 0. The van der Waals surface area contributed by atoms with Gasteiger partial charge in [0.25, 0.3) is 0 Å². The third-order valence-corrected chi connectivity index (χ3v) is 1.64. The second-order valence-corrected chi connectivity index (χ2v) is 2.60. The fourth-order valence-corrected chi connectivity index (χ4v) is 1.04. The lowest BCUT2D eigenvalue weighted by molar-refractivity contribution is 1.16. The van der Waals surface area contributed by atoms with Gasteiger partial charge in [-0.1, -0.05) is 0 Å². The van der Waals surface area contributed by atoms with Crippen molar-refractivity contribution in [2.24, 2.45) is 0 Å². The molecule has 0 aromatic carbocycles. The first kappa shape index (κ1) is 7.67. The van der Waals surface area contributed by atoms with Gasteiger partial charge in [-0.25, -0.2) is 9.97 Å². The number of nitrogens with zero attached hydrogens (tertiary/aromatic N) is 3. The van der Waals surface area contributed by atoms with Crippen LogP contribution in [0.3, 0.4) is 0 Å². The maximum atomic E-state index is 5.62. The van der Waals surface area contributed by atoms with Gasteiger partial charge < -0.3 is 5.73 Å². The molecule has 0 radical (unpaired) electrons. The van der Waals surface area contributed by atoms with Gasteiger partial charge in [0.05, 0.1) is 5.69 Å². The van der Waals surface area contributed by atoms with Crippen molar-refractivity contribution in [1.82, 2.24) is 15.0 Å². The minimum Gasteiger partial charge on any atom is -0.399 e. The molecule has 0 aliphatic carbocycles. The van der Waals surface area contributed by atoms with E-state index in [0.29, 0.717) is 5.69 Å². The van der Waals surface area contributed by atoms with Gasteiger partial charge >= 0.3 is 0 Å². The van der Waals surface area contributed by atoms with E-state index in [2.05, 4.69) is 15.0 Å². The lowest BCUT2D eigenvalue weighted by Gasteiger charge is -1.99. The average molecular weight is 172 g/mol. The highest BCUT2D eigenvalue weighted by atomic mass is 14.8. The van der Waals surface area contributed by atoms with E-state index in [9.17, 15) is 0 Å². The Morgan fingerprint density at radius 3 is 2.62 bits per heavy atom. The van der Waals surface area contributed by atoms with Crippen molar-refractivity contribution in [2.45, 2.75) is 0 Å². The Bertz CT molecular complexity index is 399. The molecule has 0 saturated heterocycles. The van der Waals surface area contributed by atoms with Crippen LogP contribution in [0.15, 0.2) is 37.1 Å². The molecule has 0 saturated carbocycles. The maximum absolute atomic E-state index is 5.62. The number of anilines is 1. The molecule has 0 aliphatic heterocycles. The molecule has 2 rings (SSSR count). The van der Waals surface area contributed by atoms with Crippen LogP contribution < -0.4 is 5.73 Å². The van der Waals surface area contributed by atoms with Crippen LogP contribution >= 0.6 is 0 Å². The van der Waals surface area contributed by atoms with Crippen molar-refractivity contribution in [3.05, 3.63) is 37.1 Å². The van der Waals surface area contributed by atoms with Gasteiger partial charge in [0.2, 0.25) is 0 Å². The third kappa shape index (κ3) is 1.61. The number of nitrogen functional groups attached to an aromatic ring is 1. The van der Waals surface area contributed by atoms with Crippen molar-refractivity contribution in [1.29, 1.82) is 0 Å². The van der Waals surface area contributed by atoms with E-state index >= 15 is 0 Å². The van der Waals surface area contributed by atoms with Gasteiger partial charge in [-0.05, 0) is 12.1 Å². The van der Waals surface area contributed by atoms with E-state index in [4.69, 9.17) is 5.73 Å². The monoisotopic (exact) mass is 172 g/mol. The summed E-state index contributed by atoms with van der Waals surface area (Å²) in [4.78, 5) is 11.9. The Morgan fingerprint density at radius 1 is 1.15 bits per heavy atom. The van der Waals surface area contributed by atoms with E-state index in [0.717, 1.165) is 11.3 Å². The second-order valence-electron chi connectivity index (χ2n) is 2.60. The lowest BCUT2D eigenvalue weighted by Crippen LogP contribution is -1.89. The number of hydrogen-bond acceptors (Lipinski definition) is 4. The molecule has 0 fully saturated rings. The van der Waals surface area contributed by atoms with Crippen LogP contribution in [0.4, 0.5) is 5.69 Å². The van der Waals surface area contributed by atoms with E-state index in [1.807, 2.05) is 0 Å². The highest BCUT2D eigenvalue weighted by Gasteiger charge is 1.98. The van der Waals surface area contributed by atoms with Gasteiger partial charge in [0, 0.05) is 29.8 Å². The highest BCUT2D eigenvalue weighted by molar-refractivity contribution is 5.60. The number of aromatic nitrogens is 3. The highest BCUT2D eigenvalue weighted by Crippen LogP contribution is 2.15. The zero-order valence-electron chi connectivity index (χ0n) is 6.88. The first-order valence-electron chi connectivity index (χ1n) is 3.83. The molecule has 0 unspecified atom stereocenters. The molecule has 0 aliphatic rings. The topological polar surface area (TPSA) is 64.7 Å². The van der Waals surface area contributed by atoms with Crippen LogP contribution in [0.2, 0.25) is 0 Å². The summed E-state index contributed by atoms with van der Waals surface area (Å²) in [7, 11) is 0. The quantitative estimate of drug-likeness (QED) is 0.700. The van der Waals surface area contributed by atoms with Crippen LogP contribution in [0, 0.1) is 0 Å². The summed E-state index contributed by atoms with van der Waals surface area (Å²) in [5.41, 5.74) is 7.97. The predicted molar refractivity (Wildman–Crippen MR) is 49.7 cm³/mol. The molecular formula is C9H8N4. The molecule has 64 valence electrons. The lowest BCUT2D eigenvalue weighted by atomic mass is 10.2. The Morgan fingerprint density at radius 2 is 1.92 bits per heavy atom. The summed E-state index contributed by atoms with van der Waals surface area (Å²) < 4.78 is 0. The number of rotatable bonds is 1. The van der Waals surface area contributed by atoms with E-state index in [-0.39, 0.29) is 0 Å². The molecule has 0 bridgehead atoms. The van der Waals surface area contributed by atoms with Gasteiger partial charge in [-0.3, -0.25) is 4.98 Å². The fourth-order valence-electron chi connectivity index (χ4n) is 1.04. The van der Waals surface area contributed by atoms with Gasteiger partial charge in [-0.15, -0.1) is 0 Å². The Kier molecular flexibility index (Phi) is 1.88. The molecule has 2 aromatic heterocycles. The molecule has 2 aromatic rings. The van der Waals surface area contributed by atoms with Crippen LogP contribution in [0.25, 0.3) is 11.3 Å². The molecule has 2 N–H and O–H groups in total. The summed E-state index contributed by atoms with van der Waals surface area (Å²) in [6.45, 7) is 0. The second kappa shape index (κ2) is 3.18. The largest absolute Gasteiger partial charge is 0.399 e. The van der Waals surface area contributed by atoms with Crippen molar-refractivity contribution in [3.8, 4) is 11.3 Å². The molecule has 0 spiro atoms. The van der Waals surface area contributed by atoms with Crippen LogP contribution in [0.1, 0.15) is 0 Å². The van der Waals surface area contributed by atoms with Crippen molar-refractivity contribution >= 4 is 5.69 Å². The van der Waals surface area contributed by atoms with Gasteiger partial charge in [0.15, 0.2) is 0 Å². The normalized spacial score (nSPS) is 9.85. The number of pyridine rings is 1. The van der Waals surface area contributed by atoms with E-state index in [1.54, 1.807) is 30.7 Å². The minimum absolute atomic E-state index is 0.689.